The third-order valence-corrected chi connectivity index (χ3v) is 2.04. The quantitative estimate of drug-likeness (QED) is 0.687. The maximum atomic E-state index is 8.83. The molecular formula is C11H16N4. The van der Waals surface area contributed by atoms with E-state index in [-0.39, 0.29) is 0 Å². The Bertz CT molecular complexity index is 330. The Labute approximate surface area is 90.3 Å². The van der Waals surface area contributed by atoms with E-state index in [0.29, 0.717) is 5.56 Å². The van der Waals surface area contributed by atoms with Crippen molar-refractivity contribution in [3.8, 4) is 6.07 Å². The Morgan fingerprint density at radius 3 is 3.07 bits per heavy atom. The van der Waals surface area contributed by atoms with Gasteiger partial charge in [-0.25, -0.2) is 0 Å². The molecule has 1 aromatic rings. The Kier molecular flexibility index (Phi) is 5.20. The SMILES string of the molecule is CCNCCCNc1cnccc1C#N. The Balaban J connectivity index is 2.34. The highest BCUT2D eigenvalue weighted by Gasteiger charge is 1.99. The van der Waals surface area contributed by atoms with Gasteiger partial charge in [0.2, 0.25) is 0 Å². The number of rotatable bonds is 6. The van der Waals surface area contributed by atoms with Crippen LogP contribution in [0.5, 0.6) is 0 Å². The first-order valence-corrected chi connectivity index (χ1v) is 5.17. The zero-order valence-electron chi connectivity index (χ0n) is 8.95. The Morgan fingerprint density at radius 2 is 2.33 bits per heavy atom. The van der Waals surface area contributed by atoms with Gasteiger partial charge in [0.15, 0.2) is 0 Å². The number of nitrogens with one attached hydrogen (secondary N) is 2. The molecule has 1 aromatic heterocycles. The normalized spacial score (nSPS) is 9.60. The lowest BCUT2D eigenvalue weighted by Crippen LogP contribution is -2.17. The molecule has 1 heterocycles. The monoisotopic (exact) mass is 204 g/mol. The van der Waals surface area contributed by atoms with E-state index in [1.165, 1.54) is 0 Å². The van der Waals surface area contributed by atoms with Crippen LogP contribution in [0.1, 0.15) is 18.9 Å². The zero-order chi connectivity index (χ0) is 10.9. The number of nitrogens with zero attached hydrogens (tertiary/aromatic N) is 2. The van der Waals surface area contributed by atoms with Crippen LogP contribution in [0.25, 0.3) is 0 Å². The second-order valence-corrected chi connectivity index (χ2v) is 3.17. The van der Waals surface area contributed by atoms with Crippen LogP contribution in [0, 0.1) is 11.3 Å². The van der Waals surface area contributed by atoms with E-state index in [9.17, 15) is 0 Å². The second-order valence-electron chi connectivity index (χ2n) is 3.17. The van der Waals surface area contributed by atoms with Crippen molar-refractivity contribution in [3.05, 3.63) is 24.0 Å². The summed E-state index contributed by atoms with van der Waals surface area (Å²) < 4.78 is 0. The minimum absolute atomic E-state index is 0.647. The van der Waals surface area contributed by atoms with Crippen molar-refractivity contribution in [3.63, 3.8) is 0 Å². The molecule has 15 heavy (non-hydrogen) atoms. The van der Waals surface area contributed by atoms with Crippen molar-refractivity contribution in [2.75, 3.05) is 25.0 Å². The molecule has 4 heteroatoms. The molecule has 0 radical (unpaired) electrons. The fourth-order valence-corrected chi connectivity index (χ4v) is 1.25. The summed E-state index contributed by atoms with van der Waals surface area (Å²) >= 11 is 0. The number of pyridine rings is 1. The smallest absolute Gasteiger partial charge is 0.101 e. The molecule has 0 unspecified atom stereocenters. The van der Waals surface area contributed by atoms with Crippen molar-refractivity contribution in [2.45, 2.75) is 13.3 Å². The van der Waals surface area contributed by atoms with Crippen LogP contribution in [0.3, 0.4) is 0 Å². The molecule has 0 aliphatic heterocycles. The third-order valence-electron chi connectivity index (χ3n) is 2.04. The Hall–Kier alpha value is -1.60. The molecule has 80 valence electrons. The Morgan fingerprint density at radius 1 is 1.47 bits per heavy atom. The summed E-state index contributed by atoms with van der Waals surface area (Å²) in [5.74, 6) is 0. The standard InChI is InChI=1S/C11H16N4/c1-2-13-5-3-6-15-11-9-14-7-4-10(11)8-12/h4,7,9,13,15H,2-3,5-6H2,1H3. The van der Waals surface area contributed by atoms with Crippen LogP contribution in [0.2, 0.25) is 0 Å². The molecule has 0 aliphatic carbocycles. The van der Waals surface area contributed by atoms with Crippen LogP contribution in [-0.4, -0.2) is 24.6 Å². The van der Waals surface area contributed by atoms with E-state index in [2.05, 4.69) is 28.6 Å². The predicted octanol–water partition coefficient (Wildman–Crippen LogP) is 1.36. The number of aromatic nitrogens is 1. The molecule has 2 N–H and O–H groups in total. The largest absolute Gasteiger partial charge is 0.383 e. The topological polar surface area (TPSA) is 60.7 Å². The van der Waals surface area contributed by atoms with Crippen molar-refractivity contribution >= 4 is 5.69 Å². The molecular weight excluding hydrogens is 188 g/mol. The highest BCUT2D eigenvalue weighted by Crippen LogP contribution is 2.10. The average molecular weight is 204 g/mol. The van der Waals surface area contributed by atoms with Gasteiger partial charge in [-0.15, -0.1) is 0 Å². The maximum absolute atomic E-state index is 8.83. The van der Waals surface area contributed by atoms with Crippen molar-refractivity contribution < 1.29 is 0 Å². The summed E-state index contributed by atoms with van der Waals surface area (Å²) in [5.41, 5.74) is 1.46. The highest BCUT2D eigenvalue weighted by molar-refractivity contribution is 5.55. The summed E-state index contributed by atoms with van der Waals surface area (Å²) in [4.78, 5) is 3.98. The van der Waals surface area contributed by atoms with Gasteiger partial charge in [-0.2, -0.15) is 5.26 Å². The number of anilines is 1. The number of hydrogen-bond acceptors (Lipinski definition) is 4. The van der Waals surface area contributed by atoms with Gasteiger partial charge in [0.1, 0.15) is 6.07 Å². The van der Waals surface area contributed by atoms with Gasteiger partial charge >= 0.3 is 0 Å². The van der Waals surface area contributed by atoms with Gasteiger partial charge < -0.3 is 10.6 Å². The van der Waals surface area contributed by atoms with Gasteiger partial charge in [-0.05, 0) is 25.6 Å². The molecule has 0 spiro atoms. The third kappa shape index (κ3) is 3.96. The van der Waals surface area contributed by atoms with Gasteiger partial charge in [-0.3, -0.25) is 4.98 Å². The van der Waals surface area contributed by atoms with E-state index in [1.807, 2.05) is 0 Å². The zero-order valence-corrected chi connectivity index (χ0v) is 8.95. The summed E-state index contributed by atoms with van der Waals surface area (Å²) in [7, 11) is 0. The fourth-order valence-electron chi connectivity index (χ4n) is 1.25. The molecule has 0 bridgehead atoms. The lowest BCUT2D eigenvalue weighted by molar-refractivity contribution is 0.688. The predicted molar refractivity (Wildman–Crippen MR) is 60.6 cm³/mol. The van der Waals surface area contributed by atoms with Gasteiger partial charge in [-0.1, -0.05) is 6.92 Å². The summed E-state index contributed by atoms with van der Waals surface area (Å²) in [5, 5.41) is 15.3. The van der Waals surface area contributed by atoms with E-state index < -0.39 is 0 Å². The van der Waals surface area contributed by atoms with Crippen LogP contribution in [0.15, 0.2) is 18.5 Å². The molecule has 1 rings (SSSR count). The molecule has 0 atom stereocenters. The lowest BCUT2D eigenvalue weighted by Gasteiger charge is -2.07. The minimum atomic E-state index is 0.647. The second kappa shape index (κ2) is 6.80. The summed E-state index contributed by atoms with van der Waals surface area (Å²) in [6.45, 7) is 4.93. The molecule has 4 nitrogen and oxygen atoms in total. The number of hydrogen-bond donors (Lipinski definition) is 2. The van der Waals surface area contributed by atoms with Gasteiger partial charge in [0.05, 0.1) is 17.4 Å². The van der Waals surface area contributed by atoms with Gasteiger partial charge in [0.25, 0.3) is 0 Å². The maximum Gasteiger partial charge on any atom is 0.101 e. The molecule has 0 fully saturated rings. The molecule has 0 saturated carbocycles. The van der Waals surface area contributed by atoms with Crippen molar-refractivity contribution in [1.82, 2.24) is 10.3 Å². The fraction of sp³-hybridized carbons (Fsp3) is 0.455. The molecule has 0 aromatic carbocycles. The first-order chi connectivity index (χ1) is 7.38. The first-order valence-electron chi connectivity index (χ1n) is 5.17. The minimum Gasteiger partial charge on any atom is -0.383 e. The molecule has 0 amide bonds. The van der Waals surface area contributed by atoms with Gasteiger partial charge in [0, 0.05) is 12.7 Å². The van der Waals surface area contributed by atoms with E-state index in [1.54, 1.807) is 18.5 Å². The lowest BCUT2D eigenvalue weighted by atomic mass is 10.2. The van der Waals surface area contributed by atoms with Crippen molar-refractivity contribution in [1.29, 1.82) is 5.26 Å². The van der Waals surface area contributed by atoms with E-state index in [4.69, 9.17) is 5.26 Å². The van der Waals surface area contributed by atoms with Crippen LogP contribution < -0.4 is 10.6 Å². The summed E-state index contributed by atoms with van der Waals surface area (Å²) in [6.07, 6.45) is 4.35. The highest BCUT2D eigenvalue weighted by atomic mass is 14.9. The van der Waals surface area contributed by atoms with Crippen LogP contribution in [0.4, 0.5) is 5.69 Å². The van der Waals surface area contributed by atoms with E-state index in [0.717, 1.165) is 31.7 Å². The average Bonchev–Trinajstić information content (AvgIpc) is 2.29. The first kappa shape index (κ1) is 11.5. The molecule has 0 saturated heterocycles. The summed E-state index contributed by atoms with van der Waals surface area (Å²) in [6, 6.07) is 3.84. The number of nitriles is 1. The van der Waals surface area contributed by atoms with Crippen LogP contribution >= 0.6 is 0 Å². The van der Waals surface area contributed by atoms with Crippen LogP contribution in [-0.2, 0) is 0 Å². The van der Waals surface area contributed by atoms with E-state index >= 15 is 0 Å². The van der Waals surface area contributed by atoms with Crippen molar-refractivity contribution in [2.24, 2.45) is 0 Å². The molecule has 0 aliphatic rings.